The van der Waals surface area contributed by atoms with Gasteiger partial charge >= 0.3 is 11.7 Å². The van der Waals surface area contributed by atoms with Crippen LogP contribution < -0.4 is 5.32 Å². The molecule has 0 atom stereocenters. The van der Waals surface area contributed by atoms with Crippen molar-refractivity contribution in [1.82, 2.24) is 0 Å². The number of anilines is 1. The second kappa shape index (κ2) is 7.37. The number of hydrogen-bond acceptors (Lipinski definition) is 7. The lowest BCUT2D eigenvalue weighted by Crippen LogP contribution is -2.36. The Bertz CT molecular complexity index is 1040. The number of rotatable bonds is 3. The minimum Gasteiger partial charge on any atom is -0.313 e. The first-order valence-electron chi connectivity index (χ1n) is 7.18. The Kier molecular flexibility index (Phi) is 5.15. The molecule has 11 heteroatoms. The lowest BCUT2D eigenvalue weighted by Gasteiger charge is -2.18. The van der Waals surface area contributed by atoms with Crippen LogP contribution in [0.3, 0.4) is 0 Å². The Hall–Kier alpha value is -2.92. The van der Waals surface area contributed by atoms with Crippen molar-refractivity contribution in [1.29, 1.82) is 0 Å². The summed E-state index contributed by atoms with van der Waals surface area (Å²) >= 11 is 6.19. The van der Waals surface area contributed by atoms with Crippen molar-refractivity contribution < 1.29 is 24.1 Å². The molecule has 0 spiro atoms. The first-order valence-corrected chi connectivity index (χ1v) is 8.76. The number of amides is 1. The summed E-state index contributed by atoms with van der Waals surface area (Å²) in [6.45, 7) is 0. The molecule has 9 nitrogen and oxygen atoms in total. The molecule has 0 saturated heterocycles. The summed E-state index contributed by atoms with van der Waals surface area (Å²) in [5, 5.41) is 17.1. The lowest BCUT2D eigenvalue weighted by atomic mass is 9.98. The zero-order valence-corrected chi connectivity index (χ0v) is 16.2. The van der Waals surface area contributed by atoms with Crippen LogP contribution in [0, 0.1) is 10.1 Å². The van der Waals surface area contributed by atoms with Crippen LogP contribution in [0.4, 0.5) is 11.4 Å². The van der Waals surface area contributed by atoms with E-state index in [1.165, 1.54) is 18.2 Å². The molecule has 2 aromatic carbocycles. The van der Waals surface area contributed by atoms with Crippen LogP contribution in [-0.4, -0.2) is 28.3 Å². The predicted molar refractivity (Wildman–Crippen MR) is 101 cm³/mol. The lowest BCUT2D eigenvalue weighted by molar-refractivity contribution is -0.384. The van der Waals surface area contributed by atoms with Crippen LogP contribution in [-0.2, 0) is 14.4 Å². The first kappa shape index (κ1) is 18.9. The number of hydrogen-bond donors (Lipinski definition) is 1. The standard InChI is InChI=1S/C16H7Br2N3O6/c17-9-6-8-11(13(10(9)18)21(25)26)19-15(23)14(22)12(8)20-27-16(24)7-4-2-1-3-5-7/h1-6H,(H,19,23). The fourth-order valence-electron chi connectivity index (χ4n) is 2.30. The highest BCUT2D eigenvalue weighted by atomic mass is 79.9. The van der Waals surface area contributed by atoms with Crippen LogP contribution in [0.5, 0.6) is 0 Å². The van der Waals surface area contributed by atoms with Crippen molar-refractivity contribution in [2.45, 2.75) is 0 Å². The van der Waals surface area contributed by atoms with Crippen LogP contribution in [0.25, 0.3) is 0 Å². The molecule has 1 N–H and O–H groups in total. The van der Waals surface area contributed by atoms with E-state index in [1.54, 1.807) is 18.2 Å². The number of halogens is 2. The van der Waals surface area contributed by atoms with E-state index in [1.807, 2.05) is 0 Å². The van der Waals surface area contributed by atoms with Crippen molar-refractivity contribution in [3.8, 4) is 0 Å². The maximum atomic E-state index is 12.2. The Morgan fingerprint density at radius 2 is 1.85 bits per heavy atom. The predicted octanol–water partition coefficient (Wildman–Crippen LogP) is 3.20. The third-order valence-corrected chi connectivity index (χ3v) is 5.48. The summed E-state index contributed by atoms with van der Waals surface area (Å²) in [6, 6.07) is 9.21. The minimum atomic E-state index is -1.13. The maximum absolute atomic E-state index is 12.2. The van der Waals surface area contributed by atoms with Crippen LogP contribution >= 0.6 is 31.9 Å². The van der Waals surface area contributed by atoms with E-state index in [2.05, 4.69) is 42.3 Å². The van der Waals surface area contributed by atoms with Gasteiger partial charge in [-0.2, -0.15) is 0 Å². The molecule has 0 bridgehead atoms. The molecule has 0 fully saturated rings. The van der Waals surface area contributed by atoms with E-state index in [0.29, 0.717) is 0 Å². The molecule has 0 saturated carbocycles. The van der Waals surface area contributed by atoms with Crippen molar-refractivity contribution in [2.24, 2.45) is 5.16 Å². The molecule has 3 rings (SSSR count). The van der Waals surface area contributed by atoms with Crippen LogP contribution in [0.1, 0.15) is 15.9 Å². The van der Waals surface area contributed by atoms with Gasteiger partial charge in [-0.25, -0.2) is 4.79 Å². The quantitative estimate of drug-likeness (QED) is 0.300. The Morgan fingerprint density at radius 3 is 2.48 bits per heavy atom. The number of benzene rings is 2. The number of nitro benzene ring substituents is 1. The summed E-state index contributed by atoms with van der Waals surface area (Å²) in [7, 11) is 0. The van der Waals surface area contributed by atoms with Crippen molar-refractivity contribution in [3.63, 3.8) is 0 Å². The monoisotopic (exact) mass is 495 g/mol. The molecular weight excluding hydrogens is 490 g/mol. The number of fused-ring (bicyclic) bond motifs is 1. The van der Waals surface area contributed by atoms with Gasteiger partial charge in [-0.1, -0.05) is 23.4 Å². The Labute approximate surface area is 167 Å². The van der Waals surface area contributed by atoms with Gasteiger partial charge in [0.15, 0.2) is 5.71 Å². The van der Waals surface area contributed by atoms with E-state index in [9.17, 15) is 24.5 Å². The molecule has 1 amide bonds. The van der Waals surface area contributed by atoms with E-state index in [-0.39, 0.29) is 25.8 Å². The molecular formula is C16H7Br2N3O6. The first-order chi connectivity index (χ1) is 12.8. The zero-order valence-electron chi connectivity index (χ0n) is 13.1. The van der Waals surface area contributed by atoms with Crippen LogP contribution in [0.15, 0.2) is 50.5 Å². The van der Waals surface area contributed by atoms with E-state index >= 15 is 0 Å². The number of nitrogens with zero attached hydrogens (tertiary/aromatic N) is 2. The van der Waals surface area contributed by atoms with Gasteiger partial charge < -0.3 is 10.2 Å². The summed E-state index contributed by atoms with van der Waals surface area (Å²) in [6.07, 6.45) is 0. The van der Waals surface area contributed by atoms with Gasteiger partial charge in [-0.3, -0.25) is 19.7 Å². The van der Waals surface area contributed by atoms with Gasteiger partial charge in [0.1, 0.15) is 10.2 Å². The maximum Gasteiger partial charge on any atom is 0.365 e. The zero-order chi connectivity index (χ0) is 19.7. The fraction of sp³-hybridized carbons (Fsp3) is 0. The van der Waals surface area contributed by atoms with Gasteiger partial charge in [0.2, 0.25) is 0 Å². The average Bonchev–Trinajstić information content (AvgIpc) is 2.64. The number of nitro groups is 1. The highest BCUT2D eigenvalue weighted by Crippen LogP contribution is 2.42. The number of nitrogens with one attached hydrogen (secondary N) is 1. The normalized spacial score (nSPS) is 14.5. The molecule has 136 valence electrons. The molecule has 0 radical (unpaired) electrons. The number of carbonyl (C=O) groups excluding carboxylic acids is 3. The smallest absolute Gasteiger partial charge is 0.313 e. The molecule has 1 aliphatic heterocycles. The number of oxime groups is 1. The summed E-state index contributed by atoms with van der Waals surface area (Å²) < 4.78 is 0.320. The average molecular weight is 497 g/mol. The highest BCUT2D eigenvalue weighted by Gasteiger charge is 2.38. The second-order valence-electron chi connectivity index (χ2n) is 5.17. The number of carbonyl (C=O) groups is 3. The molecule has 27 heavy (non-hydrogen) atoms. The Morgan fingerprint density at radius 1 is 1.19 bits per heavy atom. The number of ketones is 1. The van der Waals surface area contributed by atoms with Crippen molar-refractivity contribution in [3.05, 3.63) is 66.6 Å². The largest absolute Gasteiger partial charge is 0.365 e. The van der Waals surface area contributed by atoms with Crippen molar-refractivity contribution >= 4 is 66.6 Å². The van der Waals surface area contributed by atoms with Gasteiger partial charge in [0.05, 0.1) is 10.5 Å². The number of Topliss-reactive ketones (excluding diaryl/α,β-unsaturated/α-hetero) is 1. The fourth-order valence-corrected chi connectivity index (χ4v) is 3.18. The van der Waals surface area contributed by atoms with Gasteiger partial charge in [0, 0.05) is 10.0 Å². The molecule has 1 heterocycles. The molecule has 1 aliphatic rings. The van der Waals surface area contributed by atoms with E-state index in [4.69, 9.17) is 4.84 Å². The van der Waals surface area contributed by atoms with E-state index < -0.39 is 34.0 Å². The third kappa shape index (κ3) is 3.51. The van der Waals surface area contributed by atoms with Gasteiger partial charge in [-0.15, -0.1) is 0 Å². The molecule has 0 unspecified atom stereocenters. The van der Waals surface area contributed by atoms with Gasteiger partial charge in [-0.05, 0) is 50.1 Å². The topological polar surface area (TPSA) is 128 Å². The molecule has 2 aromatic rings. The van der Waals surface area contributed by atoms with Crippen molar-refractivity contribution in [2.75, 3.05) is 5.32 Å². The minimum absolute atomic E-state index is 0.0535. The Balaban J connectivity index is 2.09. The highest BCUT2D eigenvalue weighted by molar-refractivity contribution is 9.13. The van der Waals surface area contributed by atoms with Gasteiger partial charge in [0.25, 0.3) is 11.7 Å². The molecule has 0 aliphatic carbocycles. The summed E-state index contributed by atoms with van der Waals surface area (Å²) in [5.41, 5.74) is -1.09. The summed E-state index contributed by atoms with van der Waals surface area (Å²) in [4.78, 5) is 51.5. The second-order valence-corrected chi connectivity index (χ2v) is 6.82. The van der Waals surface area contributed by atoms with E-state index in [0.717, 1.165) is 0 Å². The van der Waals surface area contributed by atoms with Crippen LogP contribution in [0.2, 0.25) is 0 Å². The SMILES string of the molecule is O=C1Nc2c(cc(Br)c(Br)c2[N+](=O)[O-])C(=NOC(=O)c2ccccc2)C1=O. The summed E-state index contributed by atoms with van der Waals surface area (Å²) in [5.74, 6) is -3.07. The third-order valence-electron chi connectivity index (χ3n) is 3.52. The molecule has 0 aromatic heterocycles.